The van der Waals surface area contributed by atoms with Crippen molar-refractivity contribution in [2.45, 2.75) is 76.3 Å². The fourth-order valence-corrected chi connectivity index (χ4v) is 5.25. The Labute approximate surface area is 197 Å². The highest BCUT2D eigenvalue weighted by Crippen LogP contribution is 2.31. The van der Waals surface area contributed by atoms with Gasteiger partial charge < -0.3 is 20.8 Å². The predicted molar refractivity (Wildman–Crippen MR) is 127 cm³/mol. The molecule has 0 aromatic heterocycles. The first kappa shape index (κ1) is 23.7. The molecule has 2 aromatic carbocycles. The zero-order valence-electron chi connectivity index (χ0n) is 19.1. The van der Waals surface area contributed by atoms with Crippen LogP contribution in [0.4, 0.5) is 0 Å². The Hall–Kier alpha value is -3.42. The molecule has 2 amide bonds. The summed E-state index contributed by atoms with van der Waals surface area (Å²) in [5.41, 5.74) is -0.284. The number of hydrogen-bond donors (Lipinski definition) is 4. The fraction of sp³-hybridized carbons (Fsp3) is 0.462. The third-order valence-electron chi connectivity index (χ3n) is 6.99. The van der Waals surface area contributed by atoms with Crippen molar-refractivity contribution in [2.24, 2.45) is 0 Å². The SMILES string of the molecule is O=C(O)c1ccc(C(=O)NC2CCCCC2)c2c(C(=O)O)ccc(C(=O)NC3CCCCC3)c12. The first-order valence-corrected chi connectivity index (χ1v) is 12.0. The number of hydrogen-bond acceptors (Lipinski definition) is 4. The van der Waals surface area contributed by atoms with Gasteiger partial charge in [0.05, 0.1) is 11.1 Å². The number of carbonyl (C=O) groups is 4. The summed E-state index contributed by atoms with van der Waals surface area (Å²) in [5, 5.41) is 25.6. The van der Waals surface area contributed by atoms with Crippen LogP contribution < -0.4 is 10.6 Å². The van der Waals surface area contributed by atoms with Gasteiger partial charge in [0.25, 0.3) is 11.8 Å². The molecule has 34 heavy (non-hydrogen) atoms. The predicted octanol–water partition coefficient (Wildman–Crippen LogP) is 4.36. The van der Waals surface area contributed by atoms with Crippen molar-refractivity contribution >= 4 is 34.5 Å². The summed E-state index contributed by atoms with van der Waals surface area (Å²) < 4.78 is 0. The molecule has 0 atom stereocenters. The van der Waals surface area contributed by atoms with Crippen molar-refractivity contribution in [3.63, 3.8) is 0 Å². The average molecular weight is 467 g/mol. The lowest BCUT2D eigenvalue weighted by atomic mass is 9.89. The zero-order valence-corrected chi connectivity index (χ0v) is 19.1. The van der Waals surface area contributed by atoms with Gasteiger partial charge in [-0.2, -0.15) is 0 Å². The number of nitrogens with one attached hydrogen (secondary N) is 2. The third kappa shape index (κ3) is 4.90. The Morgan fingerprint density at radius 3 is 1.21 bits per heavy atom. The molecule has 0 aliphatic heterocycles. The van der Waals surface area contributed by atoms with Gasteiger partial charge in [0.1, 0.15) is 0 Å². The van der Waals surface area contributed by atoms with Gasteiger partial charge in [-0.25, -0.2) is 9.59 Å². The Morgan fingerprint density at radius 1 is 0.559 bits per heavy atom. The van der Waals surface area contributed by atoms with Crippen LogP contribution in [0.3, 0.4) is 0 Å². The summed E-state index contributed by atoms with van der Waals surface area (Å²) in [5.74, 6) is -3.50. The van der Waals surface area contributed by atoms with Gasteiger partial charge in [0.2, 0.25) is 0 Å². The lowest BCUT2D eigenvalue weighted by Gasteiger charge is -2.24. The van der Waals surface area contributed by atoms with Crippen LogP contribution in [-0.4, -0.2) is 46.0 Å². The molecule has 2 fully saturated rings. The summed E-state index contributed by atoms with van der Waals surface area (Å²) in [4.78, 5) is 50.6. The summed E-state index contributed by atoms with van der Waals surface area (Å²) in [7, 11) is 0. The van der Waals surface area contributed by atoms with Crippen LogP contribution in [-0.2, 0) is 0 Å². The summed E-state index contributed by atoms with van der Waals surface area (Å²) in [6.45, 7) is 0. The van der Waals surface area contributed by atoms with Crippen molar-refractivity contribution in [3.05, 3.63) is 46.5 Å². The summed E-state index contributed by atoms with van der Waals surface area (Å²) in [6, 6.07) is 5.23. The molecule has 8 nitrogen and oxygen atoms in total. The van der Waals surface area contributed by atoms with Gasteiger partial charge >= 0.3 is 11.9 Å². The Kier molecular flexibility index (Phi) is 7.14. The van der Waals surface area contributed by atoms with Crippen molar-refractivity contribution in [1.82, 2.24) is 10.6 Å². The Morgan fingerprint density at radius 2 is 0.882 bits per heavy atom. The maximum Gasteiger partial charge on any atom is 0.336 e. The lowest BCUT2D eigenvalue weighted by Crippen LogP contribution is -2.37. The zero-order chi connectivity index (χ0) is 24.2. The fourth-order valence-electron chi connectivity index (χ4n) is 5.25. The van der Waals surface area contributed by atoms with Crippen molar-refractivity contribution in [3.8, 4) is 0 Å². The van der Waals surface area contributed by atoms with E-state index >= 15 is 0 Å². The van der Waals surface area contributed by atoms with E-state index in [0.29, 0.717) is 0 Å². The molecule has 0 heterocycles. The van der Waals surface area contributed by atoms with E-state index < -0.39 is 23.8 Å². The molecular weight excluding hydrogens is 436 g/mol. The van der Waals surface area contributed by atoms with E-state index in [-0.39, 0.29) is 45.1 Å². The molecule has 2 saturated carbocycles. The minimum Gasteiger partial charge on any atom is -0.478 e. The van der Waals surface area contributed by atoms with Crippen LogP contribution in [0.2, 0.25) is 0 Å². The molecule has 2 aromatic rings. The molecule has 180 valence electrons. The van der Waals surface area contributed by atoms with E-state index in [4.69, 9.17) is 0 Å². The maximum atomic E-state index is 13.2. The molecule has 0 radical (unpaired) electrons. The third-order valence-corrected chi connectivity index (χ3v) is 6.99. The lowest BCUT2D eigenvalue weighted by molar-refractivity contribution is 0.0686. The van der Waals surface area contributed by atoms with Gasteiger partial charge in [-0.3, -0.25) is 9.59 Å². The number of carbonyl (C=O) groups excluding carboxylic acids is 2. The number of fused-ring (bicyclic) bond motifs is 1. The Balaban J connectivity index is 1.83. The number of amides is 2. The van der Waals surface area contributed by atoms with Gasteiger partial charge in [0, 0.05) is 34.0 Å². The Bertz CT molecular complexity index is 1040. The van der Waals surface area contributed by atoms with Crippen molar-refractivity contribution in [2.75, 3.05) is 0 Å². The molecule has 2 aliphatic rings. The van der Waals surface area contributed by atoms with E-state index in [1.54, 1.807) is 0 Å². The summed E-state index contributed by atoms with van der Waals surface area (Å²) in [6.07, 6.45) is 9.65. The number of benzene rings is 2. The molecule has 4 N–H and O–H groups in total. The molecular formula is C26H30N2O6. The standard InChI is InChI=1S/C26H30N2O6/c29-23(27-15-7-3-1-4-8-15)17-11-13-20(26(33)34)22-18(12-14-19(21(17)22)25(31)32)24(30)28-16-9-5-2-6-10-16/h11-16H,1-10H2,(H,27,29)(H,28,30)(H,31,32)(H,33,34). The van der Waals surface area contributed by atoms with E-state index in [9.17, 15) is 29.4 Å². The van der Waals surface area contributed by atoms with Crippen LogP contribution >= 0.6 is 0 Å². The van der Waals surface area contributed by atoms with Gasteiger partial charge in [-0.15, -0.1) is 0 Å². The monoisotopic (exact) mass is 466 g/mol. The minimum atomic E-state index is -1.29. The van der Waals surface area contributed by atoms with Crippen LogP contribution in [0.15, 0.2) is 24.3 Å². The second-order valence-electron chi connectivity index (χ2n) is 9.30. The molecule has 4 rings (SSSR count). The maximum absolute atomic E-state index is 13.2. The molecule has 8 heteroatoms. The average Bonchev–Trinajstić information content (AvgIpc) is 2.83. The van der Waals surface area contributed by atoms with E-state index in [1.165, 1.54) is 24.3 Å². The van der Waals surface area contributed by atoms with Crippen molar-refractivity contribution in [1.29, 1.82) is 0 Å². The highest BCUT2D eigenvalue weighted by Gasteiger charge is 2.27. The first-order chi connectivity index (χ1) is 16.4. The van der Waals surface area contributed by atoms with E-state index in [2.05, 4.69) is 10.6 Å². The molecule has 2 aliphatic carbocycles. The largest absolute Gasteiger partial charge is 0.478 e. The summed E-state index contributed by atoms with van der Waals surface area (Å²) >= 11 is 0. The van der Waals surface area contributed by atoms with Gasteiger partial charge in [-0.1, -0.05) is 38.5 Å². The normalized spacial score (nSPS) is 17.3. The first-order valence-electron chi connectivity index (χ1n) is 12.0. The van der Waals surface area contributed by atoms with Crippen LogP contribution in [0.1, 0.15) is 106 Å². The molecule has 0 bridgehead atoms. The minimum absolute atomic E-state index is 0.0125. The van der Waals surface area contributed by atoms with E-state index in [0.717, 1.165) is 64.2 Å². The van der Waals surface area contributed by atoms with Gasteiger partial charge in [-0.05, 0) is 49.9 Å². The highest BCUT2D eigenvalue weighted by atomic mass is 16.4. The van der Waals surface area contributed by atoms with Crippen LogP contribution in [0.5, 0.6) is 0 Å². The second-order valence-corrected chi connectivity index (χ2v) is 9.30. The topological polar surface area (TPSA) is 133 Å². The number of carboxylic acid groups (broad SMARTS) is 2. The van der Waals surface area contributed by atoms with Crippen LogP contribution in [0, 0.1) is 0 Å². The second kappa shape index (κ2) is 10.2. The molecule has 0 saturated heterocycles. The highest BCUT2D eigenvalue weighted by molar-refractivity contribution is 6.23. The van der Waals surface area contributed by atoms with Crippen LogP contribution in [0.25, 0.3) is 10.8 Å². The van der Waals surface area contributed by atoms with Gasteiger partial charge in [0.15, 0.2) is 0 Å². The van der Waals surface area contributed by atoms with E-state index in [1.807, 2.05) is 0 Å². The number of aromatic carboxylic acids is 2. The molecule has 0 spiro atoms. The smallest absolute Gasteiger partial charge is 0.336 e. The molecule has 0 unspecified atom stereocenters. The quantitative estimate of drug-likeness (QED) is 0.500. The number of carboxylic acids is 2. The number of rotatable bonds is 6. The van der Waals surface area contributed by atoms with Crippen molar-refractivity contribution < 1.29 is 29.4 Å².